The van der Waals surface area contributed by atoms with Crippen LogP contribution in [-0.4, -0.2) is 106 Å². The second-order valence-corrected chi connectivity index (χ2v) is 10.3. The maximum atomic E-state index is 13.6. The van der Waals surface area contributed by atoms with Gasteiger partial charge in [-0.3, -0.25) is 9.69 Å². The number of benzene rings is 2. The van der Waals surface area contributed by atoms with Gasteiger partial charge in [-0.2, -0.15) is 0 Å². The highest BCUT2D eigenvalue weighted by atomic mass is 19.1. The standard InChI is InChI=1S/C30H32F2N8O3/c31-24-5-1-22(2-6-24)29-35-30(23-3-7-25(32)8-4-23)40(36-29)20-28(41)39-11-9-38(10-12-39)26-19-27(34-21-33-26)43-18-15-37-13-16-42-17-14-37/h1-8,19,21H,9-18,20H2. The number of amides is 1. The molecule has 13 heteroatoms. The van der Waals surface area contributed by atoms with Crippen LogP contribution in [0, 0.1) is 11.6 Å². The lowest BCUT2D eigenvalue weighted by atomic mass is 10.2. The van der Waals surface area contributed by atoms with Crippen LogP contribution in [0.2, 0.25) is 0 Å². The molecule has 0 N–H and O–H groups in total. The van der Waals surface area contributed by atoms with E-state index in [4.69, 9.17) is 9.47 Å². The SMILES string of the molecule is O=C(Cn1nc(-c2ccc(F)cc2)nc1-c1ccc(F)cc1)N1CCN(c2cc(OCCN3CCOCC3)ncn2)CC1. The van der Waals surface area contributed by atoms with E-state index in [1.54, 1.807) is 29.2 Å². The van der Waals surface area contributed by atoms with Gasteiger partial charge in [0.25, 0.3) is 0 Å². The molecular weight excluding hydrogens is 558 g/mol. The predicted molar refractivity (Wildman–Crippen MR) is 154 cm³/mol. The fraction of sp³-hybridized carbons (Fsp3) is 0.367. The van der Waals surface area contributed by atoms with E-state index in [0.717, 1.165) is 38.7 Å². The number of carbonyl (C=O) groups excluding carboxylic acids is 1. The molecule has 2 saturated heterocycles. The average Bonchev–Trinajstić information content (AvgIpc) is 3.46. The van der Waals surface area contributed by atoms with Crippen LogP contribution < -0.4 is 9.64 Å². The zero-order chi connectivity index (χ0) is 29.6. The third-order valence-corrected chi connectivity index (χ3v) is 7.51. The van der Waals surface area contributed by atoms with Crippen LogP contribution in [0.25, 0.3) is 22.8 Å². The van der Waals surface area contributed by atoms with E-state index >= 15 is 0 Å². The predicted octanol–water partition coefficient (Wildman–Crippen LogP) is 2.74. The number of piperazine rings is 1. The van der Waals surface area contributed by atoms with Gasteiger partial charge in [-0.15, -0.1) is 5.10 Å². The molecule has 1 amide bonds. The Labute approximate surface area is 247 Å². The minimum atomic E-state index is -0.377. The van der Waals surface area contributed by atoms with Gasteiger partial charge < -0.3 is 19.3 Å². The Hall–Kier alpha value is -4.49. The lowest BCUT2D eigenvalue weighted by molar-refractivity contribution is -0.132. The molecule has 2 fully saturated rings. The summed E-state index contributed by atoms with van der Waals surface area (Å²) >= 11 is 0. The molecule has 2 aromatic heterocycles. The highest BCUT2D eigenvalue weighted by molar-refractivity contribution is 5.77. The monoisotopic (exact) mass is 590 g/mol. The Morgan fingerprint density at radius 2 is 1.53 bits per heavy atom. The summed E-state index contributed by atoms with van der Waals surface area (Å²) in [6.07, 6.45) is 1.50. The van der Waals surface area contributed by atoms with Gasteiger partial charge in [0.05, 0.1) is 13.2 Å². The molecule has 0 bridgehead atoms. The van der Waals surface area contributed by atoms with Gasteiger partial charge in [-0.05, 0) is 48.5 Å². The first-order valence-electron chi connectivity index (χ1n) is 14.3. The van der Waals surface area contributed by atoms with Crippen LogP contribution in [0.4, 0.5) is 14.6 Å². The summed E-state index contributed by atoms with van der Waals surface area (Å²) < 4.78 is 39.9. The van der Waals surface area contributed by atoms with Crippen molar-refractivity contribution in [2.75, 3.05) is 70.5 Å². The number of carbonyl (C=O) groups is 1. The zero-order valence-electron chi connectivity index (χ0n) is 23.6. The second kappa shape index (κ2) is 13.2. The fourth-order valence-corrected chi connectivity index (χ4v) is 5.09. The molecule has 0 spiro atoms. The molecular formula is C30H32F2N8O3. The Bertz CT molecular complexity index is 1520. The molecule has 2 aliphatic heterocycles. The summed E-state index contributed by atoms with van der Waals surface area (Å²) in [6, 6.07) is 13.5. The van der Waals surface area contributed by atoms with Crippen molar-refractivity contribution < 1.29 is 23.0 Å². The lowest BCUT2D eigenvalue weighted by Gasteiger charge is -2.35. The summed E-state index contributed by atoms with van der Waals surface area (Å²) in [5.41, 5.74) is 1.23. The van der Waals surface area contributed by atoms with Crippen molar-refractivity contribution >= 4 is 11.7 Å². The number of hydrogen-bond donors (Lipinski definition) is 0. The number of anilines is 1. The molecule has 11 nitrogen and oxygen atoms in total. The molecule has 4 aromatic rings. The summed E-state index contributed by atoms with van der Waals surface area (Å²) in [7, 11) is 0. The number of halogens is 2. The molecule has 0 unspecified atom stereocenters. The van der Waals surface area contributed by atoms with Gasteiger partial charge in [0.15, 0.2) is 11.6 Å². The third kappa shape index (κ3) is 7.12. The van der Waals surface area contributed by atoms with Gasteiger partial charge >= 0.3 is 0 Å². The second-order valence-electron chi connectivity index (χ2n) is 10.3. The van der Waals surface area contributed by atoms with Crippen molar-refractivity contribution in [2.45, 2.75) is 6.54 Å². The van der Waals surface area contributed by atoms with Gasteiger partial charge in [-0.25, -0.2) is 28.4 Å². The van der Waals surface area contributed by atoms with Crippen LogP contribution in [0.1, 0.15) is 0 Å². The van der Waals surface area contributed by atoms with Crippen molar-refractivity contribution in [3.05, 3.63) is 72.6 Å². The smallest absolute Gasteiger partial charge is 0.244 e. The highest BCUT2D eigenvalue weighted by Crippen LogP contribution is 2.24. The van der Waals surface area contributed by atoms with Crippen LogP contribution >= 0.6 is 0 Å². The van der Waals surface area contributed by atoms with Crippen molar-refractivity contribution in [3.8, 4) is 28.7 Å². The number of ether oxygens (including phenoxy) is 2. The first-order chi connectivity index (χ1) is 21.0. The van der Waals surface area contributed by atoms with E-state index in [1.165, 1.54) is 35.3 Å². The van der Waals surface area contributed by atoms with Crippen molar-refractivity contribution in [1.82, 2.24) is 34.5 Å². The zero-order valence-corrected chi connectivity index (χ0v) is 23.6. The quantitative estimate of drug-likeness (QED) is 0.291. The Morgan fingerprint density at radius 1 is 0.860 bits per heavy atom. The van der Waals surface area contributed by atoms with E-state index < -0.39 is 0 Å². The van der Waals surface area contributed by atoms with Gasteiger partial charge in [-0.1, -0.05) is 0 Å². The van der Waals surface area contributed by atoms with Crippen molar-refractivity contribution in [1.29, 1.82) is 0 Å². The summed E-state index contributed by atoms with van der Waals surface area (Å²) in [4.78, 5) is 32.9. The Morgan fingerprint density at radius 3 is 2.23 bits per heavy atom. The van der Waals surface area contributed by atoms with E-state index in [1.807, 2.05) is 6.07 Å². The third-order valence-electron chi connectivity index (χ3n) is 7.51. The minimum absolute atomic E-state index is 0.0461. The van der Waals surface area contributed by atoms with Crippen LogP contribution in [0.15, 0.2) is 60.9 Å². The molecule has 43 heavy (non-hydrogen) atoms. The molecule has 2 aromatic carbocycles. The van der Waals surface area contributed by atoms with Crippen molar-refractivity contribution in [2.24, 2.45) is 0 Å². The van der Waals surface area contributed by atoms with E-state index in [0.29, 0.717) is 61.4 Å². The van der Waals surface area contributed by atoms with E-state index in [9.17, 15) is 13.6 Å². The first kappa shape index (κ1) is 28.6. The fourth-order valence-electron chi connectivity index (χ4n) is 5.09. The molecule has 4 heterocycles. The molecule has 0 aliphatic carbocycles. The van der Waals surface area contributed by atoms with E-state index in [2.05, 4.69) is 29.9 Å². The average molecular weight is 591 g/mol. The summed E-state index contributed by atoms with van der Waals surface area (Å²) in [6.45, 7) is 6.79. The van der Waals surface area contributed by atoms with Crippen LogP contribution in [0.5, 0.6) is 5.88 Å². The normalized spacial score (nSPS) is 16.0. The topological polar surface area (TPSA) is 102 Å². The number of aromatic nitrogens is 5. The number of rotatable bonds is 9. The van der Waals surface area contributed by atoms with E-state index in [-0.39, 0.29) is 24.1 Å². The number of hydrogen-bond acceptors (Lipinski definition) is 9. The molecule has 224 valence electrons. The van der Waals surface area contributed by atoms with Crippen LogP contribution in [0.3, 0.4) is 0 Å². The number of nitrogens with zero attached hydrogens (tertiary/aromatic N) is 8. The summed E-state index contributed by atoms with van der Waals surface area (Å²) in [5.74, 6) is 1.18. The Balaban J connectivity index is 1.08. The molecule has 0 saturated carbocycles. The molecule has 0 radical (unpaired) electrons. The maximum absolute atomic E-state index is 13.6. The van der Waals surface area contributed by atoms with Crippen molar-refractivity contribution in [3.63, 3.8) is 0 Å². The molecule has 6 rings (SSSR count). The van der Waals surface area contributed by atoms with Gasteiger partial charge in [0.2, 0.25) is 11.8 Å². The molecule has 0 atom stereocenters. The lowest BCUT2D eigenvalue weighted by Crippen LogP contribution is -2.50. The Kier molecular flexibility index (Phi) is 8.80. The number of morpholine rings is 1. The minimum Gasteiger partial charge on any atom is -0.476 e. The largest absolute Gasteiger partial charge is 0.476 e. The maximum Gasteiger partial charge on any atom is 0.244 e. The first-order valence-corrected chi connectivity index (χ1v) is 14.3. The summed E-state index contributed by atoms with van der Waals surface area (Å²) in [5, 5.41) is 4.56. The van der Waals surface area contributed by atoms with Gasteiger partial charge in [0, 0.05) is 63.0 Å². The van der Waals surface area contributed by atoms with Gasteiger partial charge in [0.1, 0.15) is 36.9 Å². The highest BCUT2D eigenvalue weighted by Gasteiger charge is 2.25. The van der Waals surface area contributed by atoms with Crippen LogP contribution in [-0.2, 0) is 16.1 Å². The molecule has 2 aliphatic rings.